The molecule has 28 heavy (non-hydrogen) atoms. The molecule has 1 aliphatic rings. The van der Waals surface area contributed by atoms with E-state index in [4.69, 9.17) is 14.2 Å². The van der Waals surface area contributed by atoms with Crippen molar-refractivity contribution in [3.8, 4) is 5.75 Å². The van der Waals surface area contributed by atoms with Gasteiger partial charge in [0.15, 0.2) is 5.96 Å². The molecule has 0 atom stereocenters. The van der Waals surface area contributed by atoms with Crippen molar-refractivity contribution in [1.82, 2.24) is 10.6 Å². The number of nitrogens with zero attached hydrogens (tertiary/aromatic N) is 1. The fourth-order valence-corrected chi connectivity index (χ4v) is 2.53. The first-order chi connectivity index (χ1) is 13.3. The molecule has 0 spiro atoms. The first-order valence-corrected chi connectivity index (χ1v) is 10.1. The average Bonchev–Trinajstić information content (AvgIpc) is 3.52. The number of hydrogen-bond donors (Lipinski definition) is 2. The highest BCUT2D eigenvalue weighted by atomic mass is 127. The SMILES string of the molecule is CCNC(=NCCCOCc1ccc(OC)cc1)NCCCOCC1CC1.I. The van der Waals surface area contributed by atoms with E-state index in [-0.39, 0.29) is 24.0 Å². The summed E-state index contributed by atoms with van der Waals surface area (Å²) in [5.41, 5.74) is 1.15. The minimum Gasteiger partial charge on any atom is -0.497 e. The maximum Gasteiger partial charge on any atom is 0.191 e. The molecule has 6 nitrogen and oxygen atoms in total. The van der Waals surface area contributed by atoms with E-state index in [0.29, 0.717) is 13.2 Å². The topological polar surface area (TPSA) is 64.1 Å². The molecule has 1 aromatic rings. The van der Waals surface area contributed by atoms with Gasteiger partial charge in [0.25, 0.3) is 0 Å². The van der Waals surface area contributed by atoms with Crippen LogP contribution in [0.3, 0.4) is 0 Å². The van der Waals surface area contributed by atoms with Crippen molar-refractivity contribution in [2.45, 2.75) is 39.2 Å². The van der Waals surface area contributed by atoms with Crippen LogP contribution >= 0.6 is 24.0 Å². The van der Waals surface area contributed by atoms with E-state index in [1.165, 1.54) is 12.8 Å². The molecule has 2 N–H and O–H groups in total. The molecule has 0 saturated heterocycles. The maximum atomic E-state index is 5.72. The van der Waals surface area contributed by atoms with Gasteiger partial charge in [0, 0.05) is 39.5 Å². The van der Waals surface area contributed by atoms with Crippen LogP contribution < -0.4 is 15.4 Å². The molecule has 0 aliphatic heterocycles. The fourth-order valence-electron chi connectivity index (χ4n) is 2.53. The Morgan fingerprint density at radius 2 is 1.82 bits per heavy atom. The van der Waals surface area contributed by atoms with Crippen LogP contribution in [0.4, 0.5) is 0 Å². The van der Waals surface area contributed by atoms with Crippen molar-refractivity contribution in [2.24, 2.45) is 10.9 Å². The summed E-state index contributed by atoms with van der Waals surface area (Å²) in [5, 5.41) is 6.63. The molecule has 0 aromatic heterocycles. The zero-order chi connectivity index (χ0) is 19.2. The Hall–Kier alpha value is -1.06. The molecule has 0 bridgehead atoms. The Balaban J connectivity index is 0.00000392. The Morgan fingerprint density at radius 3 is 2.50 bits per heavy atom. The van der Waals surface area contributed by atoms with Gasteiger partial charge in [0.05, 0.1) is 13.7 Å². The lowest BCUT2D eigenvalue weighted by atomic mass is 10.2. The second-order valence-electron chi connectivity index (χ2n) is 6.81. The predicted molar refractivity (Wildman–Crippen MR) is 125 cm³/mol. The third kappa shape index (κ3) is 11.7. The van der Waals surface area contributed by atoms with Crippen LogP contribution in [-0.2, 0) is 16.1 Å². The van der Waals surface area contributed by atoms with Gasteiger partial charge in [0.1, 0.15) is 5.75 Å². The summed E-state index contributed by atoms with van der Waals surface area (Å²) in [5.74, 6) is 2.57. The lowest BCUT2D eigenvalue weighted by Crippen LogP contribution is -2.38. The number of hydrogen-bond acceptors (Lipinski definition) is 4. The van der Waals surface area contributed by atoms with Gasteiger partial charge in [-0.2, -0.15) is 0 Å². The smallest absolute Gasteiger partial charge is 0.191 e. The van der Waals surface area contributed by atoms with Gasteiger partial charge in [-0.25, -0.2) is 0 Å². The third-order valence-corrected chi connectivity index (χ3v) is 4.30. The van der Waals surface area contributed by atoms with Crippen LogP contribution in [0.1, 0.15) is 38.2 Å². The highest BCUT2D eigenvalue weighted by molar-refractivity contribution is 14.0. The molecule has 0 radical (unpaired) electrons. The van der Waals surface area contributed by atoms with E-state index in [1.54, 1.807) is 7.11 Å². The summed E-state index contributed by atoms with van der Waals surface area (Å²) in [4.78, 5) is 4.59. The Morgan fingerprint density at radius 1 is 1.07 bits per heavy atom. The van der Waals surface area contributed by atoms with E-state index in [1.807, 2.05) is 24.3 Å². The van der Waals surface area contributed by atoms with Gasteiger partial charge in [-0.3, -0.25) is 4.99 Å². The molecule has 7 heteroatoms. The number of methoxy groups -OCH3 is 1. The van der Waals surface area contributed by atoms with E-state index in [2.05, 4.69) is 22.5 Å². The lowest BCUT2D eigenvalue weighted by Gasteiger charge is -2.11. The van der Waals surface area contributed by atoms with Crippen LogP contribution in [0.5, 0.6) is 5.75 Å². The number of benzene rings is 1. The van der Waals surface area contributed by atoms with E-state index in [9.17, 15) is 0 Å². The Bertz CT molecular complexity index is 536. The average molecular weight is 505 g/mol. The highest BCUT2D eigenvalue weighted by Crippen LogP contribution is 2.28. The Labute approximate surface area is 186 Å². The van der Waals surface area contributed by atoms with Crippen LogP contribution in [0.2, 0.25) is 0 Å². The van der Waals surface area contributed by atoms with E-state index < -0.39 is 0 Å². The number of halogens is 1. The molecule has 1 saturated carbocycles. The monoisotopic (exact) mass is 505 g/mol. The summed E-state index contributed by atoms with van der Waals surface area (Å²) in [6, 6.07) is 7.96. The summed E-state index contributed by atoms with van der Waals surface area (Å²) < 4.78 is 16.5. The summed E-state index contributed by atoms with van der Waals surface area (Å²) in [6.07, 6.45) is 4.60. The third-order valence-electron chi connectivity index (χ3n) is 4.30. The molecule has 1 fully saturated rings. The standard InChI is InChI=1S/C21H35N3O3.HI/c1-3-22-21(23-12-4-14-26-16-18-6-7-18)24-13-5-15-27-17-19-8-10-20(25-2)11-9-19;/h8-11,18H,3-7,12-17H2,1-2H3,(H2,22,23,24);1H. The largest absolute Gasteiger partial charge is 0.497 e. The normalized spacial score (nSPS) is 13.7. The van der Waals surface area contributed by atoms with Gasteiger partial charge in [-0.1, -0.05) is 12.1 Å². The number of nitrogens with one attached hydrogen (secondary N) is 2. The number of ether oxygens (including phenoxy) is 3. The van der Waals surface area contributed by atoms with E-state index >= 15 is 0 Å². The number of aliphatic imine (C=N–C) groups is 1. The van der Waals surface area contributed by atoms with Crippen molar-refractivity contribution < 1.29 is 14.2 Å². The van der Waals surface area contributed by atoms with Crippen molar-refractivity contribution >= 4 is 29.9 Å². The predicted octanol–water partition coefficient (Wildman–Crippen LogP) is 3.59. The fraction of sp³-hybridized carbons (Fsp3) is 0.667. The first kappa shape index (κ1) is 25.0. The summed E-state index contributed by atoms with van der Waals surface area (Å²) in [7, 11) is 1.67. The molecule has 160 valence electrons. The quantitative estimate of drug-likeness (QED) is 0.175. The van der Waals surface area contributed by atoms with Gasteiger partial charge < -0.3 is 24.8 Å². The molecule has 0 heterocycles. The maximum absolute atomic E-state index is 5.72. The second kappa shape index (κ2) is 15.8. The van der Waals surface area contributed by atoms with Crippen LogP contribution in [0.25, 0.3) is 0 Å². The first-order valence-electron chi connectivity index (χ1n) is 10.1. The zero-order valence-corrected chi connectivity index (χ0v) is 19.6. The molecular weight excluding hydrogens is 469 g/mol. The van der Waals surface area contributed by atoms with Gasteiger partial charge >= 0.3 is 0 Å². The molecule has 2 rings (SSSR count). The van der Waals surface area contributed by atoms with Gasteiger partial charge in [-0.15, -0.1) is 24.0 Å². The van der Waals surface area contributed by atoms with Gasteiger partial charge in [-0.05, 0) is 56.2 Å². The minimum absolute atomic E-state index is 0. The molecule has 1 aromatic carbocycles. The minimum atomic E-state index is 0. The van der Waals surface area contributed by atoms with Crippen LogP contribution in [0.15, 0.2) is 29.3 Å². The van der Waals surface area contributed by atoms with Gasteiger partial charge in [0.2, 0.25) is 0 Å². The van der Waals surface area contributed by atoms with E-state index in [0.717, 1.165) is 68.9 Å². The number of rotatable bonds is 14. The van der Waals surface area contributed by atoms with Crippen molar-refractivity contribution in [3.63, 3.8) is 0 Å². The molecule has 1 aliphatic carbocycles. The van der Waals surface area contributed by atoms with Crippen molar-refractivity contribution in [1.29, 1.82) is 0 Å². The van der Waals surface area contributed by atoms with Crippen molar-refractivity contribution in [3.05, 3.63) is 29.8 Å². The van der Waals surface area contributed by atoms with Crippen LogP contribution in [-0.4, -0.2) is 52.5 Å². The second-order valence-corrected chi connectivity index (χ2v) is 6.81. The Kier molecular flexibility index (Phi) is 14.1. The zero-order valence-electron chi connectivity index (χ0n) is 17.2. The molecular formula is C21H36IN3O3. The summed E-state index contributed by atoms with van der Waals surface area (Å²) >= 11 is 0. The van der Waals surface area contributed by atoms with Crippen molar-refractivity contribution in [2.75, 3.05) is 46.6 Å². The summed E-state index contributed by atoms with van der Waals surface area (Å²) in [6.45, 7) is 7.64. The number of guanidine groups is 1. The lowest BCUT2D eigenvalue weighted by molar-refractivity contribution is 0.120. The van der Waals surface area contributed by atoms with Crippen LogP contribution in [0, 0.1) is 5.92 Å². The molecule has 0 amide bonds. The highest BCUT2D eigenvalue weighted by Gasteiger charge is 2.20. The molecule has 0 unspecified atom stereocenters.